The number of rotatable bonds is 5. The highest BCUT2D eigenvalue weighted by atomic mass is 35.5. The molecule has 0 spiro atoms. The summed E-state index contributed by atoms with van der Waals surface area (Å²) in [6, 6.07) is 4.53. The first-order valence-electron chi connectivity index (χ1n) is 7.48. The number of likely N-dealkylation sites (N-methyl/N-ethyl adjacent to an activating group) is 1. The van der Waals surface area contributed by atoms with Crippen molar-refractivity contribution in [2.75, 3.05) is 33.4 Å². The number of hydrogen-bond acceptors (Lipinski definition) is 3. The van der Waals surface area contributed by atoms with Crippen molar-refractivity contribution in [2.45, 2.75) is 31.8 Å². The van der Waals surface area contributed by atoms with Crippen molar-refractivity contribution in [3.8, 4) is 0 Å². The van der Waals surface area contributed by atoms with E-state index in [0.29, 0.717) is 5.02 Å². The molecule has 0 saturated carbocycles. The van der Waals surface area contributed by atoms with E-state index in [2.05, 4.69) is 24.1 Å². The van der Waals surface area contributed by atoms with Gasteiger partial charge in [-0.25, -0.2) is 4.39 Å². The summed E-state index contributed by atoms with van der Waals surface area (Å²) in [4.78, 5) is 2.42. The van der Waals surface area contributed by atoms with E-state index in [1.165, 1.54) is 12.1 Å². The molecule has 1 heterocycles. The van der Waals surface area contributed by atoms with Crippen LogP contribution in [0.5, 0.6) is 0 Å². The number of benzene rings is 1. The maximum absolute atomic E-state index is 13.7. The van der Waals surface area contributed by atoms with Gasteiger partial charge in [-0.3, -0.25) is 4.90 Å². The molecule has 2 atom stereocenters. The Morgan fingerprint density at radius 1 is 1.43 bits per heavy atom. The number of nitrogens with one attached hydrogen (secondary N) is 1. The maximum Gasteiger partial charge on any atom is 0.123 e. The molecule has 5 heteroatoms. The molecule has 118 valence electrons. The van der Waals surface area contributed by atoms with Crippen LogP contribution in [0.15, 0.2) is 18.2 Å². The summed E-state index contributed by atoms with van der Waals surface area (Å²) in [5.74, 6) is -0.255. The topological polar surface area (TPSA) is 24.5 Å². The zero-order chi connectivity index (χ0) is 15.5. The highest BCUT2D eigenvalue weighted by molar-refractivity contribution is 6.31. The molecule has 1 aliphatic heterocycles. The summed E-state index contributed by atoms with van der Waals surface area (Å²) in [7, 11) is 1.90. The first-order chi connectivity index (χ1) is 10.0. The van der Waals surface area contributed by atoms with Gasteiger partial charge in [0.15, 0.2) is 0 Å². The summed E-state index contributed by atoms with van der Waals surface area (Å²) in [6.07, 6.45) is 0.936. The minimum absolute atomic E-state index is 0.0381. The van der Waals surface area contributed by atoms with Crippen LogP contribution in [0.25, 0.3) is 0 Å². The van der Waals surface area contributed by atoms with Gasteiger partial charge in [0, 0.05) is 23.7 Å². The van der Waals surface area contributed by atoms with Crippen LogP contribution in [0, 0.1) is 5.82 Å². The first-order valence-corrected chi connectivity index (χ1v) is 7.85. The molecule has 2 rings (SSSR count). The molecule has 1 N–H and O–H groups in total. The van der Waals surface area contributed by atoms with Gasteiger partial charge in [-0.15, -0.1) is 0 Å². The third-order valence-corrected chi connectivity index (χ3v) is 4.97. The van der Waals surface area contributed by atoms with Crippen LogP contribution in [-0.2, 0) is 4.74 Å². The lowest BCUT2D eigenvalue weighted by Crippen LogP contribution is -2.57. The third-order valence-electron chi connectivity index (χ3n) is 4.63. The predicted octanol–water partition coefficient (Wildman–Crippen LogP) is 3.24. The highest BCUT2D eigenvalue weighted by Gasteiger charge is 2.40. The molecule has 0 bridgehead atoms. The van der Waals surface area contributed by atoms with E-state index in [4.69, 9.17) is 16.3 Å². The normalized spacial score (nSPS) is 21.0. The Hall–Kier alpha value is -0.680. The van der Waals surface area contributed by atoms with Gasteiger partial charge in [-0.2, -0.15) is 0 Å². The van der Waals surface area contributed by atoms with Gasteiger partial charge < -0.3 is 10.1 Å². The van der Waals surface area contributed by atoms with Crippen molar-refractivity contribution in [1.82, 2.24) is 10.2 Å². The smallest absolute Gasteiger partial charge is 0.123 e. The third kappa shape index (κ3) is 3.39. The summed E-state index contributed by atoms with van der Waals surface area (Å²) in [5, 5.41) is 3.94. The highest BCUT2D eigenvalue weighted by Crippen LogP contribution is 2.37. The first kappa shape index (κ1) is 16.7. The molecular formula is C16H24ClFN2O. The second-order valence-corrected chi connectivity index (χ2v) is 6.10. The van der Waals surface area contributed by atoms with Gasteiger partial charge in [-0.05, 0) is 44.2 Å². The molecule has 1 fully saturated rings. The van der Waals surface area contributed by atoms with Crippen molar-refractivity contribution < 1.29 is 9.13 Å². The molecular weight excluding hydrogens is 291 g/mol. The number of hydrogen-bond donors (Lipinski definition) is 1. The SMILES string of the molecule is CCC(C)(C(NC)c1cc(F)ccc1Cl)N1CCOCC1. The Morgan fingerprint density at radius 3 is 2.67 bits per heavy atom. The minimum atomic E-state index is -0.255. The van der Waals surface area contributed by atoms with Crippen LogP contribution in [-0.4, -0.2) is 43.8 Å². The van der Waals surface area contributed by atoms with Crippen molar-refractivity contribution >= 4 is 11.6 Å². The van der Waals surface area contributed by atoms with Gasteiger partial charge in [0.2, 0.25) is 0 Å². The lowest BCUT2D eigenvalue weighted by molar-refractivity contribution is -0.0319. The minimum Gasteiger partial charge on any atom is -0.379 e. The van der Waals surface area contributed by atoms with Gasteiger partial charge in [-0.1, -0.05) is 18.5 Å². The molecule has 21 heavy (non-hydrogen) atoms. The lowest BCUT2D eigenvalue weighted by Gasteiger charge is -2.48. The van der Waals surface area contributed by atoms with Crippen LogP contribution in [0.2, 0.25) is 5.02 Å². The van der Waals surface area contributed by atoms with E-state index in [-0.39, 0.29) is 17.4 Å². The van der Waals surface area contributed by atoms with Gasteiger partial charge in [0.05, 0.1) is 19.3 Å². The summed E-state index contributed by atoms with van der Waals surface area (Å²) in [5.41, 5.74) is 0.672. The molecule has 3 nitrogen and oxygen atoms in total. The fourth-order valence-electron chi connectivity index (χ4n) is 3.22. The van der Waals surface area contributed by atoms with E-state index >= 15 is 0 Å². The van der Waals surface area contributed by atoms with Crippen molar-refractivity contribution in [3.05, 3.63) is 34.6 Å². The Labute approximate surface area is 131 Å². The molecule has 1 aromatic carbocycles. The molecule has 2 unspecified atom stereocenters. The van der Waals surface area contributed by atoms with Crippen molar-refractivity contribution in [1.29, 1.82) is 0 Å². The number of nitrogens with zero attached hydrogens (tertiary/aromatic N) is 1. The largest absolute Gasteiger partial charge is 0.379 e. The molecule has 0 radical (unpaired) electrons. The van der Waals surface area contributed by atoms with Crippen LogP contribution < -0.4 is 5.32 Å². The van der Waals surface area contributed by atoms with Gasteiger partial charge in [0.1, 0.15) is 5.82 Å². The van der Waals surface area contributed by atoms with E-state index < -0.39 is 0 Å². The molecule has 1 saturated heterocycles. The van der Waals surface area contributed by atoms with Gasteiger partial charge in [0.25, 0.3) is 0 Å². The maximum atomic E-state index is 13.7. The molecule has 1 aromatic rings. The van der Waals surface area contributed by atoms with E-state index in [0.717, 1.165) is 38.3 Å². The number of morpholine rings is 1. The second kappa shape index (κ2) is 7.05. The monoisotopic (exact) mass is 314 g/mol. The summed E-state index contributed by atoms with van der Waals surface area (Å²) in [6.45, 7) is 7.62. The number of halogens is 2. The summed E-state index contributed by atoms with van der Waals surface area (Å²) < 4.78 is 19.1. The second-order valence-electron chi connectivity index (χ2n) is 5.70. The lowest BCUT2D eigenvalue weighted by atomic mass is 9.82. The summed E-state index contributed by atoms with van der Waals surface area (Å²) >= 11 is 6.32. The number of ether oxygens (including phenoxy) is 1. The Kier molecular flexibility index (Phi) is 5.60. The average Bonchev–Trinajstić information content (AvgIpc) is 2.52. The molecule has 0 aliphatic carbocycles. The van der Waals surface area contributed by atoms with E-state index in [1.807, 2.05) is 7.05 Å². The molecule has 0 aromatic heterocycles. The van der Waals surface area contributed by atoms with Crippen molar-refractivity contribution in [2.24, 2.45) is 0 Å². The molecule has 0 amide bonds. The quantitative estimate of drug-likeness (QED) is 0.903. The standard InChI is InChI=1S/C16H24ClFN2O/c1-4-16(2,20-7-9-21-10-8-20)15(19-3)13-11-12(18)5-6-14(13)17/h5-6,11,15,19H,4,7-10H2,1-3H3. The van der Waals surface area contributed by atoms with Gasteiger partial charge >= 0.3 is 0 Å². The van der Waals surface area contributed by atoms with Crippen LogP contribution in [0.3, 0.4) is 0 Å². The van der Waals surface area contributed by atoms with Crippen LogP contribution >= 0.6 is 11.6 Å². The molecule has 1 aliphatic rings. The van der Waals surface area contributed by atoms with Crippen molar-refractivity contribution in [3.63, 3.8) is 0 Å². The predicted molar refractivity (Wildman–Crippen MR) is 84.3 cm³/mol. The fourth-order valence-corrected chi connectivity index (χ4v) is 3.45. The van der Waals surface area contributed by atoms with Crippen LogP contribution in [0.1, 0.15) is 31.9 Å². The Bertz CT molecular complexity index is 479. The Balaban J connectivity index is 2.38. The Morgan fingerprint density at radius 2 is 2.10 bits per heavy atom. The zero-order valence-corrected chi connectivity index (χ0v) is 13.7. The van der Waals surface area contributed by atoms with Crippen LogP contribution in [0.4, 0.5) is 4.39 Å². The van der Waals surface area contributed by atoms with E-state index in [1.54, 1.807) is 6.07 Å². The zero-order valence-electron chi connectivity index (χ0n) is 13.0. The fraction of sp³-hybridized carbons (Fsp3) is 0.625. The average molecular weight is 315 g/mol. The van der Waals surface area contributed by atoms with E-state index in [9.17, 15) is 4.39 Å².